The summed E-state index contributed by atoms with van der Waals surface area (Å²) in [6, 6.07) is 1.85. The normalized spacial score (nSPS) is 19.1. The average Bonchev–Trinajstić information content (AvgIpc) is 3.46. The first-order chi connectivity index (χ1) is 18.3. The summed E-state index contributed by atoms with van der Waals surface area (Å²) < 4.78 is 43.8. The lowest BCUT2D eigenvalue weighted by Crippen LogP contribution is -2.31. The van der Waals surface area contributed by atoms with Crippen molar-refractivity contribution in [2.24, 2.45) is 0 Å². The molecule has 206 valence electrons. The van der Waals surface area contributed by atoms with Gasteiger partial charge in [0.1, 0.15) is 31.4 Å². The van der Waals surface area contributed by atoms with Crippen LogP contribution in [0, 0.1) is 20.2 Å². The van der Waals surface area contributed by atoms with E-state index in [1.165, 1.54) is 18.4 Å². The van der Waals surface area contributed by atoms with Gasteiger partial charge in [0.25, 0.3) is 27.0 Å². The van der Waals surface area contributed by atoms with Gasteiger partial charge in [-0.3, -0.25) is 39.2 Å². The number of hydrogen-bond donors (Lipinski definition) is 0. The van der Waals surface area contributed by atoms with E-state index in [-0.39, 0.29) is 22.6 Å². The summed E-state index contributed by atoms with van der Waals surface area (Å²) in [5, 5.41) is 22.4. The highest BCUT2D eigenvalue weighted by Gasteiger charge is 2.40. The average molecular weight is 566 g/mol. The molecule has 1 aliphatic rings. The molecule has 1 fully saturated rings. The van der Waals surface area contributed by atoms with Crippen LogP contribution in [0.2, 0.25) is 0 Å². The Morgan fingerprint density at radius 2 is 1.85 bits per heavy atom. The molecule has 3 aromatic rings. The molecule has 39 heavy (non-hydrogen) atoms. The highest BCUT2D eigenvalue weighted by molar-refractivity contribution is 7.90. The minimum atomic E-state index is -4.94. The monoisotopic (exact) mass is 566 g/mol. The third-order valence-electron chi connectivity index (χ3n) is 5.60. The maximum absolute atomic E-state index is 13.2. The molecule has 19 heteroatoms. The summed E-state index contributed by atoms with van der Waals surface area (Å²) in [6.07, 6.45) is -0.798. The summed E-state index contributed by atoms with van der Waals surface area (Å²) in [5.74, 6) is -1.20. The molecule has 3 heterocycles. The highest BCUT2D eigenvalue weighted by atomic mass is 32.2. The molecular weight excluding hydrogens is 548 g/mol. The zero-order chi connectivity index (χ0) is 28.6. The van der Waals surface area contributed by atoms with Crippen LogP contribution in [0.5, 0.6) is 0 Å². The maximum Gasteiger partial charge on any atom is 0.303 e. The SMILES string of the molecule is CC(=O)OC[C@H]1O[C@@H](n2cnc3c(=O)n(S(=O)(=O)c4ccc([N+](=O)[O-])cc4[N+](=O)[O-])cnc32)C[C@@H]1OC(C)=O. The molecule has 0 aliphatic carbocycles. The number of fused-ring (bicyclic) bond motifs is 1. The number of aromatic nitrogens is 4. The molecule has 1 aliphatic heterocycles. The van der Waals surface area contributed by atoms with Gasteiger partial charge < -0.3 is 14.2 Å². The van der Waals surface area contributed by atoms with Crippen LogP contribution in [-0.4, -0.2) is 67.5 Å². The van der Waals surface area contributed by atoms with Crippen molar-refractivity contribution >= 4 is 44.5 Å². The Morgan fingerprint density at radius 1 is 1.13 bits per heavy atom. The molecule has 1 saturated heterocycles. The smallest absolute Gasteiger partial charge is 0.303 e. The minimum Gasteiger partial charge on any atom is -0.463 e. The van der Waals surface area contributed by atoms with Crippen LogP contribution in [0.25, 0.3) is 11.2 Å². The van der Waals surface area contributed by atoms with Gasteiger partial charge in [0.15, 0.2) is 16.1 Å². The van der Waals surface area contributed by atoms with E-state index in [9.17, 15) is 43.0 Å². The molecule has 0 N–H and O–H groups in total. The van der Waals surface area contributed by atoms with Crippen molar-refractivity contribution in [3.8, 4) is 0 Å². The number of benzene rings is 1. The molecular formula is C20H18N6O12S. The molecule has 1 aromatic carbocycles. The van der Waals surface area contributed by atoms with Gasteiger partial charge in [-0.05, 0) is 6.07 Å². The number of carbonyl (C=O) groups excluding carboxylic acids is 2. The first-order valence-electron chi connectivity index (χ1n) is 10.9. The fourth-order valence-corrected chi connectivity index (χ4v) is 5.25. The van der Waals surface area contributed by atoms with Crippen LogP contribution < -0.4 is 5.56 Å². The molecule has 0 spiro atoms. The van der Waals surface area contributed by atoms with Crippen LogP contribution >= 0.6 is 0 Å². The molecule has 2 aromatic heterocycles. The van der Waals surface area contributed by atoms with Crippen molar-refractivity contribution in [1.82, 2.24) is 18.5 Å². The Labute approximate surface area is 217 Å². The standard InChI is InChI=1S/C20H18N6O12S/c1-10(27)36-7-15-14(37-11(2)28)6-17(38-15)23-8-21-18-19(23)22-9-24(20(18)29)39(34,35)16-4-3-12(25(30)31)5-13(16)26(32)33/h3-5,8-9,14-15,17H,6-7H2,1-2H3/t14-,15+,17+/m0/s1. The summed E-state index contributed by atoms with van der Waals surface area (Å²) in [5.41, 5.74) is -3.61. The number of nitro benzene ring substituents is 2. The summed E-state index contributed by atoms with van der Waals surface area (Å²) in [6.45, 7) is 2.14. The van der Waals surface area contributed by atoms with Crippen molar-refractivity contribution in [1.29, 1.82) is 0 Å². The first kappa shape index (κ1) is 27.3. The predicted molar refractivity (Wildman–Crippen MR) is 125 cm³/mol. The number of esters is 2. The summed E-state index contributed by atoms with van der Waals surface area (Å²) in [4.78, 5) is 63.1. The van der Waals surface area contributed by atoms with E-state index in [1.54, 1.807) is 0 Å². The van der Waals surface area contributed by atoms with E-state index >= 15 is 0 Å². The molecule has 4 rings (SSSR count). The number of nitro groups is 2. The van der Waals surface area contributed by atoms with Crippen LogP contribution in [-0.2, 0) is 33.8 Å². The predicted octanol–water partition coefficient (Wildman–Crippen LogP) is 0.429. The van der Waals surface area contributed by atoms with Crippen molar-refractivity contribution in [3.05, 3.63) is 61.4 Å². The zero-order valence-electron chi connectivity index (χ0n) is 20.0. The third-order valence-corrected chi connectivity index (χ3v) is 7.28. The Kier molecular flexibility index (Phi) is 7.11. The molecule has 0 amide bonds. The second kappa shape index (κ2) is 10.2. The Balaban J connectivity index is 1.73. The minimum absolute atomic E-state index is 0.0506. The lowest BCUT2D eigenvalue weighted by molar-refractivity contribution is -0.396. The molecule has 3 atom stereocenters. The lowest BCUT2D eigenvalue weighted by Gasteiger charge is -2.17. The van der Waals surface area contributed by atoms with E-state index < -0.39 is 77.6 Å². The van der Waals surface area contributed by atoms with Gasteiger partial charge >= 0.3 is 11.9 Å². The van der Waals surface area contributed by atoms with Crippen molar-refractivity contribution in [2.45, 2.75) is 43.6 Å². The Bertz CT molecular complexity index is 1680. The summed E-state index contributed by atoms with van der Waals surface area (Å²) >= 11 is 0. The number of ether oxygens (including phenoxy) is 3. The highest BCUT2D eigenvalue weighted by Crippen LogP contribution is 2.33. The third kappa shape index (κ3) is 5.16. The Morgan fingerprint density at radius 3 is 2.46 bits per heavy atom. The Hall–Kier alpha value is -4.78. The number of non-ortho nitro benzene ring substituents is 1. The topological polar surface area (TPSA) is 235 Å². The van der Waals surface area contributed by atoms with Gasteiger partial charge in [-0.1, -0.05) is 0 Å². The number of imidazole rings is 1. The van der Waals surface area contributed by atoms with Crippen LogP contribution in [0.4, 0.5) is 11.4 Å². The van der Waals surface area contributed by atoms with Crippen LogP contribution in [0.15, 0.2) is 40.5 Å². The van der Waals surface area contributed by atoms with E-state index in [2.05, 4.69) is 9.97 Å². The van der Waals surface area contributed by atoms with E-state index in [0.717, 1.165) is 12.4 Å². The van der Waals surface area contributed by atoms with E-state index in [4.69, 9.17) is 14.2 Å². The van der Waals surface area contributed by atoms with Gasteiger partial charge in [-0.15, -0.1) is 0 Å². The molecule has 18 nitrogen and oxygen atoms in total. The summed E-state index contributed by atoms with van der Waals surface area (Å²) in [7, 11) is -4.94. The first-order valence-corrected chi connectivity index (χ1v) is 12.3. The van der Waals surface area contributed by atoms with Gasteiger partial charge in [0.05, 0.1) is 22.2 Å². The zero-order valence-corrected chi connectivity index (χ0v) is 20.8. The molecule has 0 saturated carbocycles. The molecule has 0 bridgehead atoms. The van der Waals surface area contributed by atoms with Gasteiger partial charge in [-0.2, -0.15) is 3.97 Å². The fraction of sp³-hybridized carbons (Fsp3) is 0.350. The van der Waals surface area contributed by atoms with Crippen molar-refractivity contribution in [3.63, 3.8) is 0 Å². The second-order valence-electron chi connectivity index (χ2n) is 8.16. The van der Waals surface area contributed by atoms with Crippen LogP contribution in [0.1, 0.15) is 26.5 Å². The molecule has 0 radical (unpaired) electrons. The van der Waals surface area contributed by atoms with Gasteiger partial charge in [0.2, 0.25) is 0 Å². The lowest BCUT2D eigenvalue weighted by atomic mass is 10.2. The quantitative estimate of drug-likeness (QED) is 0.204. The van der Waals surface area contributed by atoms with Crippen molar-refractivity contribution < 1.29 is 42.1 Å². The van der Waals surface area contributed by atoms with Crippen LogP contribution in [0.3, 0.4) is 0 Å². The maximum atomic E-state index is 13.2. The number of nitrogens with zero attached hydrogens (tertiary/aromatic N) is 6. The van der Waals surface area contributed by atoms with E-state index in [1.807, 2.05) is 0 Å². The number of carbonyl (C=O) groups is 2. The second-order valence-corrected chi connectivity index (χ2v) is 9.94. The fourth-order valence-electron chi connectivity index (χ4n) is 3.92. The van der Waals surface area contributed by atoms with Gasteiger partial charge in [0, 0.05) is 26.3 Å². The van der Waals surface area contributed by atoms with Crippen molar-refractivity contribution in [2.75, 3.05) is 6.61 Å². The van der Waals surface area contributed by atoms with Gasteiger partial charge in [-0.25, -0.2) is 18.4 Å². The number of hydrogen-bond acceptors (Lipinski definition) is 14. The largest absolute Gasteiger partial charge is 0.463 e. The van der Waals surface area contributed by atoms with E-state index in [0.29, 0.717) is 18.5 Å². The molecule has 0 unspecified atom stereocenters. The number of rotatable bonds is 8.